The van der Waals surface area contributed by atoms with E-state index in [1.165, 1.54) is 37.7 Å². The zero-order chi connectivity index (χ0) is 16.1. The lowest BCUT2D eigenvalue weighted by molar-refractivity contribution is -0.121. The second-order valence-corrected chi connectivity index (χ2v) is 8.08. The summed E-state index contributed by atoms with van der Waals surface area (Å²) in [7, 11) is 0. The summed E-state index contributed by atoms with van der Waals surface area (Å²) in [6, 6.07) is 8.66. The minimum absolute atomic E-state index is 0. The molecule has 1 unspecified atom stereocenters. The Morgan fingerprint density at radius 2 is 1.96 bits per heavy atom. The second-order valence-electron chi connectivity index (χ2n) is 7.17. The van der Waals surface area contributed by atoms with Crippen LogP contribution in [0.25, 0.3) is 0 Å². The molecule has 1 heterocycles. The van der Waals surface area contributed by atoms with Crippen LogP contribution in [-0.2, 0) is 10.2 Å². The standard InChI is InChI=1S/C19H27BrN2O.ClH/c20-17-6-4-16(5-7-17)19(10-1-2-11-19)14-22-18(23)8-3-15-9-12-21-13-15;/h4-7,15,21H,1-3,8-14H2,(H,22,23);1H. The van der Waals surface area contributed by atoms with Gasteiger partial charge < -0.3 is 10.6 Å². The van der Waals surface area contributed by atoms with Gasteiger partial charge in [-0.2, -0.15) is 0 Å². The van der Waals surface area contributed by atoms with Crippen LogP contribution in [-0.4, -0.2) is 25.5 Å². The lowest BCUT2D eigenvalue weighted by Crippen LogP contribution is -2.39. The lowest BCUT2D eigenvalue weighted by atomic mass is 9.79. The topological polar surface area (TPSA) is 41.1 Å². The molecule has 0 radical (unpaired) electrons. The van der Waals surface area contributed by atoms with E-state index >= 15 is 0 Å². The Labute approximate surface area is 159 Å². The molecular weight excluding hydrogens is 388 g/mol. The predicted octanol–water partition coefficient (Wildman–Crippen LogP) is 4.19. The highest BCUT2D eigenvalue weighted by molar-refractivity contribution is 9.10. The number of carbonyl (C=O) groups is 1. The zero-order valence-electron chi connectivity index (χ0n) is 14.2. The van der Waals surface area contributed by atoms with Crippen molar-refractivity contribution < 1.29 is 4.79 Å². The highest BCUT2D eigenvalue weighted by atomic mass is 79.9. The predicted molar refractivity (Wildman–Crippen MR) is 105 cm³/mol. The van der Waals surface area contributed by atoms with Gasteiger partial charge in [-0.3, -0.25) is 4.79 Å². The third-order valence-corrected chi connectivity index (χ3v) is 6.11. The van der Waals surface area contributed by atoms with Crippen LogP contribution in [0.5, 0.6) is 0 Å². The summed E-state index contributed by atoms with van der Waals surface area (Å²) in [6.07, 6.45) is 7.80. The Bertz CT molecular complexity index is 523. The molecule has 1 aromatic rings. The third-order valence-electron chi connectivity index (χ3n) is 5.58. The first kappa shape index (κ1) is 19.7. The molecule has 5 heteroatoms. The SMILES string of the molecule is Cl.O=C(CCC1CCNC1)NCC1(c2ccc(Br)cc2)CCCC1. The number of nitrogens with one attached hydrogen (secondary N) is 2. The molecule has 1 aromatic carbocycles. The smallest absolute Gasteiger partial charge is 0.220 e. The van der Waals surface area contributed by atoms with Crippen molar-refractivity contribution in [3.8, 4) is 0 Å². The van der Waals surface area contributed by atoms with E-state index in [0.717, 1.165) is 30.5 Å². The van der Waals surface area contributed by atoms with E-state index in [4.69, 9.17) is 0 Å². The largest absolute Gasteiger partial charge is 0.355 e. The van der Waals surface area contributed by atoms with E-state index in [0.29, 0.717) is 12.3 Å². The minimum Gasteiger partial charge on any atom is -0.355 e. The maximum absolute atomic E-state index is 12.2. The lowest BCUT2D eigenvalue weighted by Gasteiger charge is -2.30. The fraction of sp³-hybridized carbons (Fsp3) is 0.632. The second kappa shape index (κ2) is 9.21. The minimum atomic E-state index is 0. The van der Waals surface area contributed by atoms with Crippen molar-refractivity contribution in [3.05, 3.63) is 34.3 Å². The highest BCUT2D eigenvalue weighted by Crippen LogP contribution is 2.41. The van der Waals surface area contributed by atoms with Crippen LogP contribution in [0, 0.1) is 5.92 Å². The van der Waals surface area contributed by atoms with Crippen LogP contribution in [0.4, 0.5) is 0 Å². The average Bonchev–Trinajstić information content (AvgIpc) is 3.24. The Balaban J connectivity index is 0.00000208. The quantitative estimate of drug-likeness (QED) is 0.731. The van der Waals surface area contributed by atoms with Crippen molar-refractivity contribution >= 4 is 34.2 Å². The van der Waals surface area contributed by atoms with Gasteiger partial charge in [0.2, 0.25) is 5.91 Å². The van der Waals surface area contributed by atoms with Gasteiger partial charge in [0.25, 0.3) is 0 Å². The number of amides is 1. The Hall–Kier alpha value is -0.580. The molecule has 3 nitrogen and oxygen atoms in total. The molecule has 0 spiro atoms. The fourth-order valence-electron chi connectivity index (χ4n) is 4.07. The number of benzene rings is 1. The third kappa shape index (κ3) is 4.96. The van der Waals surface area contributed by atoms with E-state index < -0.39 is 0 Å². The van der Waals surface area contributed by atoms with E-state index in [1.807, 2.05) is 0 Å². The molecule has 2 fully saturated rings. The molecule has 1 atom stereocenters. The molecule has 24 heavy (non-hydrogen) atoms. The van der Waals surface area contributed by atoms with Gasteiger partial charge in [0.15, 0.2) is 0 Å². The van der Waals surface area contributed by atoms with E-state index in [2.05, 4.69) is 50.8 Å². The van der Waals surface area contributed by atoms with E-state index in [9.17, 15) is 4.79 Å². The first-order valence-electron chi connectivity index (χ1n) is 8.91. The fourth-order valence-corrected chi connectivity index (χ4v) is 4.34. The number of rotatable bonds is 6. The first-order chi connectivity index (χ1) is 11.2. The summed E-state index contributed by atoms with van der Waals surface area (Å²) >= 11 is 3.51. The van der Waals surface area contributed by atoms with Crippen LogP contribution in [0.1, 0.15) is 50.5 Å². The summed E-state index contributed by atoms with van der Waals surface area (Å²) in [6.45, 7) is 2.98. The molecule has 0 bridgehead atoms. The summed E-state index contributed by atoms with van der Waals surface area (Å²) in [5.41, 5.74) is 1.52. The molecule has 134 valence electrons. The van der Waals surface area contributed by atoms with Crippen molar-refractivity contribution in [2.75, 3.05) is 19.6 Å². The molecule has 2 aliphatic rings. The van der Waals surface area contributed by atoms with Crippen LogP contribution >= 0.6 is 28.3 Å². The average molecular weight is 416 g/mol. The van der Waals surface area contributed by atoms with Crippen molar-refractivity contribution in [1.82, 2.24) is 10.6 Å². The Morgan fingerprint density at radius 1 is 1.25 bits per heavy atom. The summed E-state index contributed by atoms with van der Waals surface area (Å²) < 4.78 is 1.11. The van der Waals surface area contributed by atoms with Gasteiger partial charge in [-0.1, -0.05) is 40.9 Å². The van der Waals surface area contributed by atoms with Crippen molar-refractivity contribution in [2.45, 2.75) is 50.4 Å². The molecule has 3 rings (SSSR count). The number of hydrogen-bond acceptors (Lipinski definition) is 2. The summed E-state index contributed by atoms with van der Waals surface area (Å²) in [4.78, 5) is 12.2. The maximum Gasteiger partial charge on any atom is 0.220 e. The molecule has 1 aliphatic carbocycles. The van der Waals surface area contributed by atoms with Gasteiger partial charge in [0.1, 0.15) is 0 Å². The Kier molecular flexibility index (Phi) is 7.58. The molecule has 0 aromatic heterocycles. The van der Waals surface area contributed by atoms with Gasteiger partial charge in [-0.05, 0) is 62.4 Å². The van der Waals surface area contributed by atoms with Crippen molar-refractivity contribution in [1.29, 1.82) is 0 Å². The number of halogens is 2. The van der Waals surface area contributed by atoms with Crippen LogP contribution in [0.2, 0.25) is 0 Å². The molecule has 2 N–H and O–H groups in total. The maximum atomic E-state index is 12.2. The van der Waals surface area contributed by atoms with Gasteiger partial charge >= 0.3 is 0 Å². The monoisotopic (exact) mass is 414 g/mol. The van der Waals surface area contributed by atoms with Gasteiger partial charge in [-0.15, -0.1) is 12.4 Å². The van der Waals surface area contributed by atoms with E-state index in [1.54, 1.807) is 0 Å². The Morgan fingerprint density at radius 3 is 2.58 bits per heavy atom. The zero-order valence-corrected chi connectivity index (χ0v) is 16.6. The summed E-state index contributed by atoms with van der Waals surface area (Å²) in [5.74, 6) is 0.910. The van der Waals surface area contributed by atoms with E-state index in [-0.39, 0.29) is 23.7 Å². The molecule has 1 saturated carbocycles. The molecule has 1 aliphatic heterocycles. The number of hydrogen-bond donors (Lipinski definition) is 2. The molecule has 1 amide bonds. The van der Waals surface area contributed by atoms with Gasteiger partial charge in [-0.25, -0.2) is 0 Å². The van der Waals surface area contributed by atoms with Crippen LogP contribution in [0.3, 0.4) is 0 Å². The van der Waals surface area contributed by atoms with Crippen LogP contribution in [0.15, 0.2) is 28.7 Å². The first-order valence-corrected chi connectivity index (χ1v) is 9.71. The van der Waals surface area contributed by atoms with Gasteiger partial charge in [0.05, 0.1) is 0 Å². The molecule has 1 saturated heterocycles. The molecular formula is C19H28BrClN2O. The normalized spacial score (nSPS) is 22.1. The van der Waals surface area contributed by atoms with Crippen molar-refractivity contribution in [3.63, 3.8) is 0 Å². The summed E-state index contributed by atoms with van der Waals surface area (Å²) in [5, 5.41) is 6.60. The highest BCUT2D eigenvalue weighted by Gasteiger charge is 2.35. The number of carbonyl (C=O) groups excluding carboxylic acids is 1. The van der Waals surface area contributed by atoms with Crippen LogP contribution < -0.4 is 10.6 Å². The van der Waals surface area contributed by atoms with Crippen molar-refractivity contribution in [2.24, 2.45) is 5.92 Å². The van der Waals surface area contributed by atoms with Gasteiger partial charge in [0, 0.05) is 22.9 Å².